The molecule has 0 aliphatic carbocycles. The van der Waals surface area contributed by atoms with Gasteiger partial charge in [-0.15, -0.1) is 0 Å². The number of hydrogen-bond donors (Lipinski definition) is 3. The van der Waals surface area contributed by atoms with Crippen LogP contribution in [-0.2, 0) is 5.60 Å². The van der Waals surface area contributed by atoms with Crippen LogP contribution in [0.15, 0.2) is 54.6 Å². The van der Waals surface area contributed by atoms with Gasteiger partial charge in [-0.05, 0) is 38.1 Å². The van der Waals surface area contributed by atoms with Crippen molar-refractivity contribution >= 4 is 5.97 Å². The molecule has 2 atom stereocenters. The molecule has 144 valence electrons. The molecule has 3 aliphatic heterocycles. The molecule has 0 radical (unpaired) electrons. The molecule has 3 N–H and O–H groups in total. The van der Waals surface area contributed by atoms with Crippen LogP contribution in [0.3, 0.4) is 0 Å². The van der Waals surface area contributed by atoms with Gasteiger partial charge in [0.25, 0.3) is 0 Å². The molecule has 0 aromatic heterocycles. The lowest BCUT2D eigenvalue weighted by Gasteiger charge is -2.48. The van der Waals surface area contributed by atoms with E-state index in [1.165, 1.54) is 12.1 Å². The van der Waals surface area contributed by atoms with E-state index in [9.17, 15) is 15.0 Å². The number of aliphatic hydroxyl groups is 2. The van der Waals surface area contributed by atoms with Crippen LogP contribution in [0.2, 0.25) is 0 Å². The van der Waals surface area contributed by atoms with Gasteiger partial charge in [0, 0.05) is 23.6 Å². The molecule has 0 amide bonds. The van der Waals surface area contributed by atoms with E-state index in [4.69, 9.17) is 5.11 Å². The van der Waals surface area contributed by atoms with Gasteiger partial charge in [-0.3, -0.25) is 4.90 Å². The third kappa shape index (κ3) is 3.31. The molecule has 3 saturated heterocycles. The van der Waals surface area contributed by atoms with Crippen molar-refractivity contribution in [3.05, 3.63) is 71.3 Å². The van der Waals surface area contributed by atoms with Gasteiger partial charge in [0.1, 0.15) is 5.60 Å². The molecule has 3 fully saturated rings. The van der Waals surface area contributed by atoms with E-state index in [1.54, 1.807) is 24.3 Å². The first-order valence-corrected chi connectivity index (χ1v) is 9.51. The van der Waals surface area contributed by atoms with E-state index < -0.39 is 17.2 Å². The lowest BCUT2D eigenvalue weighted by molar-refractivity contribution is -0.0716. The fraction of sp³-hybridized carbons (Fsp3) is 0.348. The molecular formula is C23H23NO4. The van der Waals surface area contributed by atoms with Gasteiger partial charge in [-0.1, -0.05) is 54.3 Å². The number of piperidine rings is 3. The van der Waals surface area contributed by atoms with Gasteiger partial charge >= 0.3 is 5.97 Å². The maximum absolute atomic E-state index is 11.6. The fourth-order valence-corrected chi connectivity index (χ4v) is 4.22. The van der Waals surface area contributed by atoms with Crippen molar-refractivity contribution in [1.29, 1.82) is 0 Å². The Balaban J connectivity index is 1.76. The van der Waals surface area contributed by atoms with Crippen molar-refractivity contribution in [3.8, 4) is 11.8 Å². The van der Waals surface area contributed by atoms with Crippen molar-refractivity contribution < 1.29 is 20.1 Å². The Morgan fingerprint density at radius 2 is 1.64 bits per heavy atom. The van der Waals surface area contributed by atoms with Crippen LogP contribution in [0.4, 0.5) is 0 Å². The van der Waals surface area contributed by atoms with E-state index in [2.05, 4.69) is 16.7 Å². The average molecular weight is 377 g/mol. The molecule has 2 aromatic rings. The average Bonchev–Trinajstić information content (AvgIpc) is 2.73. The number of hydrogen-bond acceptors (Lipinski definition) is 4. The van der Waals surface area contributed by atoms with Crippen molar-refractivity contribution in [3.63, 3.8) is 0 Å². The second kappa shape index (κ2) is 7.06. The van der Waals surface area contributed by atoms with Crippen LogP contribution in [0.5, 0.6) is 0 Å². The lowest BCUT2D eigenvalue weighted by atomic mass is 9.75. The molecule has 5 rings (SSSR count). The van der Waals surface area contributed by atoms with E-state index in [1.807, 2.05) is 18.2 Å². The molecule has 0 saturated carbocycles. The Bertz CT molecular complexity index is 923. The highest BCUT2D eigenvalue weighted by atomic mass is 16.4. The van der Waals surface area contributed by atoms with Gasteiger partial charge < -0.3 is 15.3 Å². The van der Waals surface area contributed by atoms with E-state index in [-0.39, 0.29) is 11.5 Å². The van der Waals surface area contributed by atoms with E-state index in [0.717, 1.165) is 25.9 Å². The van der Waals surface area contributed by atoms with Crippen LogP contribution in [0.1, 0.15) is 34.3 Å². The zero-order valence-electron chi connectivity index (χ0n) is 15.5. The minimum absolute atomic E-state index is 0.111. The summed E-state index contributed by atoms with van der Waals surface area (Å²) in [5.41, 5.74) is -1.58. The van der Waals surface area contributed by atoms with Crippen molar-refractivity contribution in [2.45, 2.75) is 24.0 Å². The zero-order valence-corrected chi connectivity index (χ0v) is 15.5. The fourth-order valence-electron chi connectivity index (χ4n) is 4.22. The van der Waals surface area contributed by atoms with Gasteiger partial charge in [0.05, 0.1) is 5.56 Å². The first-order valence-electron chi connectivity index (χ1n) is 9.51. The minimum atomic E-state index is -1.64. The molecule has 5 nitrogen and oxygen atoms in total. The summed E-state index contributed by atoms with van der Waals surface area (Å²) in [6.45, 7) is 2.45. The largest absolute Gasteiger partial charge is 0.478 e. The molecule has 0 spiro atoms. The Kier molecular flexibility index (Phi) is 4.72. The molecule has 3 heterocycles. The topological polar surface area (TPSA) is 81.0 Å². The highest BCUT2D eigenvalue weighted by Gasteiger charge is 2.45. The zero-order chi connectivity index (χ0) is 19.8. The number of rotatable bonds is 3. The molecular weight excluding hydrogens is 354 g/mol. The number of carbonyl (C=O) groups is 1. The Labute approximate surface area is 164 Å². The van der Waals surface area contributed by atoms with Crippen LogP contribution < -0.4 is 0 Å². The summed E-state index contributed by atoms with van der Waals surface area (Å²) in [7, 11) is 0. The van der Waals surface area contributed by atoms with Crippen molar-refractivity contribution in [2.75, 3.05) is 19.6 Å². The van der Waals surface area contributed by atoms with Crippen LogP contribution in [0.25, 0.3) is 0 Å². The number of carboxylic acid groups (broad SMARTS) is 1. The maximum atomic E-state index is 11.6. The summed E-state index contributed by atoms with van der Waals surface area (Å²) in [4.78, 5) is 13.4. The van der Waals surface area contributed by atoms with Crippen LogP contribution >= 0.6 is 0 Å². The van der Waals surface area contributed by atoms with Crippen molar-refractivity contribution in [2.24, 2.45) is 5.92 Å². The first kappa shape index (κ1) is 18.7. The quantitative estimate of drug-likeness (QED) is 0.714. The minimum Gasteiger partial charge on any atom is -0.478 e. The van der Waals surface area contributed by atoms with E-state index >= 15 is 0 Å². The number of nitrogens with zero attached hydrogens (tertiary/aromatic N) is 1. The standard InChI is InChI=1S/C23H23NO4/c25-21(26)17-6-8-20(9-7-17)23(28,19-4-2-1-3-5-19)13-12-22(27)16-24-14-10-18(22)11-15-24/h1-9,18,27-28H,10-11,14-16H2,(H,25,26). The highest BCUT2D eigenvalue weighted by molar-refractivity contribution is 5.87. The molecule has 2 bridgehead atoms. The third-order valence-corrected chi connectivity index (χ3v) is 5.93. The van der Waals surface area contributed by atoms with Gasteiger partial charge in [-0.2, -0.15) is 0 Å². The monoisotopic (exact) mass is 377 g/mol. The van der Waals surface area contributed by atoms with Gasteiger partial charge in [0.2, 0.25) is 0 Å². The maximum Gasteiger partial charge on any atom is 0.335 e. The predicted molar refractivity (Wildman–Crippen MR) is 105 cm³/mol. The predicted octanol–water partition coefficient (Wildman–Crippen LogP) is 2.08. The normalized spacial score (nSPS) is 28.1. The summed E-state index contributed by atoms with van der Waals surface area (Å²) in [6.07, 6.45) is 1.81. The smallest absolute Gasteiger partial charge is 0.335 e. The number of aromatic carboxylic acids is 1. The number of carboxylic acids is 1. The molecule has 5 heteroatoms. The van der Waals surface area contributed by atoms with Crippen LogP contribution in [0, 0.1) is 17.8 Å². The summed E-state index contributed by atoms with van der Waals surface area (Å²) < 4.78 is 0. The molecule has 2 unspecified atom stereocenters. The number of fused-ring (bicyclic) bond motifs is 3. The van der Waals surface area contributed by atoms with E-state index in [0.29, 0.717) is 17.7 Å². The van der Waals surface area contributed by atoms with Gasteiger partial charge in [0.15, 0.2) is 5.60 Å². The third-order valence-electron chi connectivity index (χ3n) is 5.93. The summed E-state index contributed by atoms with van der Waals surface area (Å²) >= 11 is 0. The first-order chi connectivity index (χ1) is 13.4. The second-order valence-corrected chi connectivity index (χ2v) is 7.68. The Morgan fingerprint density at radius 1 is 1.04 bits per heavy atom. The molecule has 28 heavy (non-hydrogen) atoms. The van der Waals surface area contributed by atoms with Gasteiger partial charge in [-0.25, -0.2) is 4.79 Å². The SMILES string of the molecule is O=C(O)c1ccc(C(O)(C#CC2(O)CN3CCC2CC3)c2ccccc2)cc1. The Morgan fingerprint density at radius 3 is 2.18 bits per heavy atom. The molecule has 3 aliphatic rings. The summed E-state index contributed by atoms with van der Waals surface area (Å²) in [5, 5.41) is 31.8. The van der Waals surface area contributed by atoms with Crippen LogP contribution in [-0.4, -0.2) is 51.4 Å². The number of benzene rings is 2. The molecule has 2 aromatic carbocycles. The lowest BCUT2D eigenvalue weighted by Crippen LogP contribution is -2.58. The Hall–Kier alpha value is -2.65. The second-order valence-electron chi connectivity index (χ2n) is 7.68. The van der Waals surface area contributed by atoms with Crippen molar-refractivity contribution in [1.82, 2.24) is 4.90 Å². The highest BCUT2D eigenvalue weighted by Crippen LogP contribution is 2.36. The summed E-state index contributed by atoms with van der Waals surface area (Å²) in [6, 6.07) is 15.1. The summed E-state index contributed by atoms with van der Waals surface area (Å²) in [5.74, 6) is 5.04.